The molecule has 4 nitrogen and oxygen atoms in total. The van der Waals surface area contributed by atoms with Crippen LogP contribution >= 0.6 is 35.0 Å². The van der Waals surface area contributed by atoms with Crippen molar-refractivity contribution in [2.75, 3.05) is 13.4 Å². The van der Waals surface area contributed by atoms with Crippen molar-refractivity contribution in [2.24, 2.45) is 0 Å². The maximum atomic E-state index is 6.46. The van der Waals surface area contributed by atoms with Gasteiger partial charge >= 0.3 is 0 Å². The molecule has 4 aromatic rings. The number of aromatic nitrogens is 3. The molecule has 2 aromatic carbocycles. The Morgan fingerprint density at radius 1 is 1.04 bits per heavy atom. The summed E-state index contributed by atoms with van der Waals surface area (Å²) in [6, 6.07) is 13.5. The molecule has 0 aliphatic carbocycles. The van der Waals surface area contributed by atoms with E-state index in [0.717, 1.165) is 27.4 Å². The Morgan fingerprint density at radius 3 is 2.52 bits per heavy atom. The number of nitrogens with zero attached hydrogens (tertiary/aromatic N) is 3. The number of thioether (sulfide) groups is 1. The molecule has 0 N–H and O–H groups in total. The first-order valence-electron chi connectivity index (χ1n) is 8.13. The Balaban J connectivity index is 1.98. The topological polar surface area (TPSA) is 39.4 Å². The molecule has 0 fully saturated rings. The van der Waals surface area contributed by atoms with E-state index in [1.54, 1.807) is 25.1 Å². The van der Waals surface area contributed by atoms with Crippen LogP contribution in [0.1, 0.15) is 0 Å². The summed E-state index contributed by atoms with van der Waals surface area (Å²) in [4.78, 5) is 10.1. The molecule has 2 heterocycles. The number of methoxy groups -OCH3 is 1. The Morgan fingerprint density at radius 2 is 1.81 bits per heavy atom. The van der Waals surface area contributed by atoms with E-state index in [0.29, 0.717) is 21.6 Å². The van der Waals surface area contributed by atoms with E-state index in [4.69, 9.17) is 32.9 Å². The van der Waals surface area contributed by atoms with Crippen molar-refractivity contribution < 1.29 is 4.74 Å². The van der Waals surface area contributed by atoms with Crippen LogP contribution in [0.3, 0.4) is 0 Å². The van der Waals surface area contributed by atoms with E-state index in [1.165, 1.54) is 0 Å². The summed E-state index contributed by atoms with van der Waals surface area (Å²) in [7, 11) is 1.59. The first-order valence-corrected chi connectivity index (χ1v) is 10.1. The molecule has 0 aliphatic heterocycles. The van der Waals surface area contributed by atoms with E-state index in [1.807, 2.05) is 59.3 Å². The number of imidazole rings is 1. The van der Waals surface area contributed by atoms with Crippen molar-refractivity contribution in [3.05, 3.63) is 64.9 Å². The van der Waals surface area contributed by atoms with Gasteiger partial charge in [0.05, 0.1) is 28.5 Å². The molecule has 4 rings (SSSR count). The minimum atomic E-state index is 0.529. The van der Waals surface area contributed by atoms with Gasteiger partial charge in [-0.05, 0) is 42.7 Å². The summed E-state index contributed by atoms with van der Waals surface area (Å²) in [6.45, 7) is 0. The van der Waals surface area contributed by atoms with E-state index >= 15 is 0 Å². The lowest BCUT2D eigenvalue weighted by molar-refractivity contribution is 0.415. The molecule has 0 spiro atoms. The lowest BCUT2D eigenvalue weighted by Crippen LogP contribution is -1.91. The highest BCUT2D eigenvalue weighted by Gasteiger charge is 2.18. The first kappa shape index (κ1) is 18.2. The Kier molecular flexibility index (Phi) is 5.00. The summed E-state index contributed by atoms with van der Waals surface area (Å²) in [6.07, 6.45) is 5.67. The molecular weight excluding hydrogens is 401 g/mol. The second kappa shape index (κ2) is 7.43. The van der Waals surface area contributed by atoms with Gasteiger partial charge in [-0.3, -0.25) is 4.40 Å². The quantitative estimate of drug-likeness (QED) is 0.377. The van der Waals surface area contributed by atoms with Crippen LogP contribution in [0.25, 0.3) is 28.3 Å². The number of rotatable bonds is 4. The lowest BCUT2D eigenvalue weighted by atomic mass is 10.0. The molecule has 2 aromatic heterocycles. The van der Waals surface area contributed by atoms with Crippen molar-refractivity contribution in [1.82, 2.24) is 14.4 Å². The van der Waals surface area contributed by atoms with Crippen LogP contribution in [0.15, 0.2) is 59.8 Å². The van der Waals surface area contributed by atoms with Crippen LogP contribution < -0.4 is 4.74 Å². The number of ether oxygens (including phenoxy) is 1. The molecule has 0 saturated heterocycles. The van der Waals surface area contributed by atoms with Gasteiger partial charge in [0, 0.05) is 28.4 Å². The van der Waals surface area contributed by atoms with Crippen LogP contribution in [-0.2, 0) is 0 Å². The highest BCUT2D eigenvalue weighted by molar-refractivity contribution is 7.98. The number of fused-ring (bicyclic) bond motifs is 1. The standard InChI is InChI=1S/C20H15Cl2N3OS/c1-26-16-6-4-12(10-14(16)21)18-19(25-9-3-8-23-20(25)24-18)13-5-7-17(27-2)15(22)11-13/h3-11H,1-2H3. The maximum absolute atomic E-state index is 6.46. The third kappa shape index (κ3) is 3.27. The molecule has 0 unspecified atom stereocenters. The number of halogens is 2. The van der Waals surface area contributed by atoms with E-state index in [-0.39, 0.29) is 0 Å². The van der Waals surface area contributed by atoms with Gasteiger partial charge < -0.3 is 4.74 Å². The van der Waals surface area contributed by atoms with Gasteiger partial charge in [-0.25, -0.2) is 9.97 Å². The third-order valence-electron chi connectivity index (χ3n) is 4.25. The highest BCUT2D eigenvalue weighted by atomic mass is 35.5. The molecule has 0 aliphatic rings. The van der Waals surface area contributed by atoms with Crippen LogP contribution in [0.5, 0.6) is 5.75 Å². The van der Waals surface area contributed by atoms with E-state index < -0.39 is 0 Å². The number of hydrogen-bond acceptors (Lipinski definition) is 4. The van der Waals surface area contributed by atoms with Gasteiger partial charge in [0.2, 0.25) is 5.78 Å². The smallest absolute Gasteiger partial charge is 0.234 e. The van der Waals surface area contributed by atoms with Gasteiger partial charge in [-0.15, -0.1) is 11.8 Å². The fraction of sp³-hybridized carbons (Fsp3) is 0.100. The second-order valence-electron chi connectivity index (χ2n) is 5.80. The van der Waals surface area contributed by atoms with Gasteiger partial charge in [0.25, 0.3) is 0 Å². The van der Waals surface area contributed by atoms with Crippen molar-refractivity contribution in [3.63, 3.8) is 0 Å². The van der Waals surface area contributed by atoms with Crippen molar-refractivity contribution in [3.8, 4) is 28.3 Å². The maximum Gasteiger partial charge on any atom is 0.234 e. The monoisotopic (exact) mass is 415 g/mol. The summed E-state index contributed by atoms with van der Waals surface area (Å²) in [5.74, 6) is 1.23. The van der Waals surface area contributed by atoms with E-state index in [9.17, 15) is 0 Å². The van der Waals surface area contributed by atoms with Crippen LogP contribution in [0.4, 0.5) is 0 Å². The lowest BCUT2D eigenvalue weighted by Gasteiger charge is -2.09. The van der Waals surface area contributed by atoms with Crippen molar-refractivity contribution in [1.29, 1.82) is 0 Å². The Labute approximate surface area is 171 Å². The largest absolute Gasteiger partial charge is 0.495 e. The third-order valence-corrected chi connectivity index (χ3v) is 5.77. The first-order chi connectivity index (χ1) is 13.1. The zero-order chi connectivity index (χ0) is 19.0. The summed E-state index contributed by atoms with van der Waals surface area (Å²) >= 11 is 14.4. The van der Waals surface area contributed by atoms with Crippen LogP contribution in [-0.4, -0.2) is 27.7 Å². The van der Waals surface area contributed by atoms with Gasteiger partial charge in [0.1, 0.15) is 5.75 Å². The molecule has 27 heavy (non-hydrogen) atoms. The number of benzene rings is 2. The molecule has 7 heteroatoms. The minimum absolute atomic E-state index is 0.529. The fourth-order valence-electron chi connectivity index (χ4n) is 2.99. The zero-order valence-electron chi connectivity index (χ0n) is 14.6. The van der Waals surface area contributed by atoms with Gasteiger partial charge in [-0.1, -0.05) is 29.3 Å². The molecule has 0 saturated carbocycles. The molecule has 0 radical (unpaired) electrons. The predicted molar refractivity (Wildman–Crippen MR) is 112 cm³/mol. The Bertz CT molecular complexity index is 1140. The van der Waals surface area contributed by atoms with Gasteiger partial charge in [0.15, 0.2) is 0 Å². The molecule has 136 valence electrons. The highest BCUT2D eigenvalue weighted by Crippen LogP contribution is 2.38. The van der Waals surface area contributed by atoms with Crippen molar-refractivity contribution >= 4 is 40.7 Å². The van der Waals surface area contributed by atoms with E-state index in [2.05, 4.69) is 4.98 Å². The van der Waals surface area contributed by atoms with Crippen LogP contribution in [0.2, 0.25) is 10.0 Å². The SMILES string of the molecule is COc1ccc(-c2nc3ncccn3c2-c2ccc(SC)c(Cl)c2)cc1Cl. The molecule has 0 bridgehead atoms. The summed E-state index contributed by atoms with van der Waals surface area (Å²) < 4.78 is 7.22. The average molecular weight is 416 g/mol. The second-order valence-corrected chi connectivity index (χ2v) is 7.46. The Hall–Kier alpha value is -2.21. The fourth-order valence-corrected chi connectivity index (χ4v) is 4.12. The van der Waals surface area contributed by atoms with Crippen molar-refractivity contribution in [2.45, 2.75) is 4.90 Å². The zero-order valence-corrected chi connectivity index (χ0v) is 16.9. The average Bonchev–Trinajstić information content (AvgIpc) is 3.07. The van der Waals surface area contributed by atoms with Crippen LogP contribution in [0, 0.1) is 0 Å². The summed E-state index contributed by atoms with van der Waals surface area (Å²) in [5.41, 5.74) is 3.53. The summed E-state index contributed by atoms with van der Waals surface area (Å²) in [5, 5.41) is 1.24. The number of hydrogen-bond donors (Lipinski definition) is 0. The molecule has 0 atom stereocenters. The van der Waals surface area contributed by atoms with Gasteiger partial charge in [-0.2, -0.15) is 0 Å². The normalized spacial score (nSPS) is 11.1. The predicted octanol–water partition coefficient (Wildman–Crippen LogP) is 6.10. The minimum Gasteiger partial charge on any atom is -0.495 e. The molecular formula is C20H15Cl2N3OS. The molecule has 0 amide bonds.